The second-order valence-corrected chi connectivity index (χ2v) is 5.73. The van der Waals surface area contributed by atoms with Crippen molar-refractivity contribution in [3.63, 3.8) is 0 Å². The lowest BCUT2D eigenvalue weighted by atomic mass is 10.2. The summed E-state index contributed by atoms with van der Waals surface area (Å²) in [5.41, 5.74) is 0.401. The largest absolute Gasteiger partial charge is 0.480 e. The van der Waals surface area contributed by atoms with Crippen molar-refractivity contribution in [3.8, 4) is 0 Å². The quantitative estimate of drug-likeness (QED) is 0.820. The predicted molar refractivity (Wildman–Crippen MR) is 82.9 cm³/mol. The molecule has 1 fully saturated rings. The average molecular weight is 315 g/mol. The van der Waals surface area contributed by atoms with Crippen molar-refractivity contribution >= 4 is 22.8 Å². The van der Waals surface area contributed by atoms with E-state index in [2.05, 4.69) is 10.3 Å². The number of aliphatic carboxylic acids is 1. The molecule has 1 saturated carbocycles. The summed E-state index contributed by atoms with van der Waals surface area (Å²) >= 11 is 0. The van der Waals surface area contributed by atoms with Crippen LogP contribution in [0, 0.1) is 5.92 Å². The van der Waals surface area contributed by atoms with Gasteiger partial charge in [-0.2, -0.15) is 0 Å². The standard InChI is InChI=1S/C16H17N3O4/c20-13(18-14(16(22)23)10-5-6-10)7-8-19-9-17-12-4-2-1-3-11(12)15(19)21/h1-4,9-10,14H,5-8H2,(H,18,20)(H,22,23). The third-order valence-corrected chi connectivity index (χ3v) is 3.99. The van der Waals surface area contributed by atoms with Gasteiger partial charge in [-0.1, -0.05) is 12.1 Å². The molecular formula is C16H17N3O4. The van der Waals surface area contributed by atoms with Crippen molar-refractivity contribution < 1.29 is 14.7 Å². The second kappa shape index (κ2) is 6.20. The van der Waals surface area contributed by atoms with Crippen LogP contribution in [-0.2, 0) is 16.1 Å². The molecule has 1 unspecified atom stereocenters. The van der Waals surface area contributed by atoms with E-state index in [-0.39, 0.29) is 30.3 Å². The van der Waals surface area contributed by atoms with Gasteiger partial charge in [-0.15, -0.1) is 0 Å². The number of para-hydroxylation sites is 1. The summed E-state index contributed by atoms with van der Waals surface area (Å²) in [7, 11) is 0. The molecule has 3 rings (SSSR count). The molecular weight excluding hydrogens is 298 g/mol. The van der Waals surface area contributed by atoms with E-state index >= 15 is 0 Å². The van der Waals surface area contributed by atoms with E-state index in [0.29, 0.717) is 10.9 Å². The van der Waals surface area contributed by atoms with Crippen LogP contribution in [0.25, 0.3) is 10.9 Å². The number of benzene rings is 1. The van der Waals surface area contributed by atoms with E-state index in [0.717, 1.165) is 12.8 Å². The minimum Gasteiger partial charge on any atom is -0.480 e. The zero-order valence-corrected chi connectivity index (χ0v) is 12.4. The Bertz CT molecular complexity index is 810. The van der Waals surface area contributed by atoms with E-state index < -0.39 is 12.0 Å². The number of carboxylic acid groups (broad SMARTS) is 1. The fraction of sp³-hybridized carbons (Fsp3) is 0.375. The summed E-state index contributed by atoms with van der Waals surface area (Å²) < 4.78 is 1.37. The number of aromatic nitrogens is 2. The van der Waals surface area contributed by atoms with Gasteiger partial charge < -0.3 is 10.4 Å². The molecule has 1 aliphatic carbocycles. The van der Waals surface area contributed by atoms with Gasteiger partial charge in [-0.3, -0.25) is 14.2 Å². The van der Waals surface area contributed by atoms with Gasteiger partial charge in [0.25, 0.3) is 5.56 Å². The second-order valence-electron chi connectivity index (χ2n) is 5.73. The molecule has 1 amide bonds. The molecule has 0 aliphatic heterocycles. The summed E-state index contributed by atoms with van der Waals surface area (Å²) in [6.07, 6.45) is 3.10. The smallest absolute Gasteiger partial charge is 0.326 e. The summed E-state index contributed by atoms with van der Waals surface area (Å²) in [5, 5.41) is 12.1. The van der Waals surface area contributed by atoms with Crippen LogP contribution in [0.15, 0.2) is 35.4 Å². The van der Waals surface area contributed by atoms with Crippen molar-refractivity contribution in [1.29, 1.82) is 0 Å². The molecule has 2 aromatic rings. The molecule has 1 aliphatic rings. The van der Waals surface area contributed by atoms with Crippen molar-refractivity contribution in [2.24, 2.45) is 5.92 Å². The summed E-state index contributed by atoms with van der Waals surface area (Å²) in [5.74, 6) is -1.35. The molecule has 7 nitrogen and oxygen atoms in total. The van der Waals surface area contributed by atoms with Gasteiger partial charge in [-0.25, -0.2) is 9.78 Å². The van der Waals surface area contributed by atoms with E-state index in [1.807, 2.05) is 0 Å². The first-order valence-electron chi connectivity index (χ1n) is 7.52. The number of carbonyl (C=O) groups is 2. The fourth-order valence-electron chi connectivity index (χ4n) is 2.54. The Morgan fingerprint density at radius 2 is 2.09 bits per heavy atom. The van der Waals surface area contributed by atoms with Gasteiger partial charge in [0.1, 0.15) is 6.04 Å². The monoisotopic (exact) mass is 315 g/mol. The van der Waals surface area contributed by atoms with Crippen molar-refractivity contribution in [2.45, 2.75) is 31.8 Å². The van der Waals surface area contributed by atoms with Crippen molar-refractivity contribution in [3.05, 3.63) is 40.9 Å². The first-order valence-corrected chi connectivity index (χ1v) is 7.52. The number of aryl methyl sites for hydroxylation is 1. The first-order chi connectivity index (χ1) is 11.1. The third-order valence-electron chi connectivity index (χ3n) is 3.99. The van der Waals surface area contributed by atoms with Crippen molar-refractivity contribution in [1.82, 2.24) is 14.9 Å². The average Bonchev–Trinajstić information content (AvgIpc) is 3.36. The number of amides is 1. The lowest BCUT2D eigenvalue weighted by Crippen LogP contribution is -2.42. The zero-order chi connectivity index (χ0) is 16.4. The Hall–Kier alpha value is -2.70. The van der Waals surface area contributed by atoms with Gasteiger partial charge in [0, 0.05) is 13.0 Å². The highest BCUT2D eigenvalue weighted by Gasteiger charge is 2.37. The van der Waals surface area contributed by atoms with Gasteiger partial charge in [0.05, 0.1) is 17.2 Å². The highest BCUT2D eigenvalue weighted by atomic mass is 16.4. The van der Waals surface area contributed by atoms with E-state index in [1.165, 1.54) is 10.9 Å². The molecule has 23 heavy (non-hydrogen) atoms. The van der Waals surface area contributed by atoms with Crippen LogP contribution in [0.5, 0.6) is 0 Å². The molecule has 7 heteroatoms. The lowest BCUT2D eigenvalue weighted by molar-refractivity contribution is -0.142. The van der Waals surface area contributed by atoms with E-state index in [1.54, 1.807) is 24.3 Å². The number of hydrogen-bond donors (Lipinski definition) is 2. The summed E-state index contributed by atoms with van der Waals surface area (Å²) in [6.45, 7) is 0.166. The Morgan fingerprint density at radius 3 is 2.78 bits per heavy atom. The Kier molecular flexibility index (Phi) is 4.10. The number of fused-ring (bicyclic) bond motifs is 1. The van der Waals surface area contributed by atoms with Crippen LogP contribution >= 0.6 is 0 Å². The van der Waals surface area contributed by atoms with Crippen LogP contribution in [-0.4, -0.2) is 32.6 Å². The molecule has 0 radical (unpaired) electrons. The predicted octanol–water partition coefficient (Wildman–Crippen LogP) is 0.766. The SMILES string of the molecule is O=C(CCn1cnc2ccccc2c1=O)NC(C(=O)O)C1CC1. The van der Waals surface area contributed by atoms with Gasteiger partial charge in [0.15, 0.2) is 0 Å². The third kappa shape index (κ3) is 3.39. The maximum atomic E-state index is 12.3. The van der Waals surface area contributed by atoms with Crippen LogP contribution in [0.3, 0.4) is 0 Å². The Labute approximate surface area is 132 Å². The van der Waals surface area contributed by atoms with Gasteiger partial charge in [0.2, 0.25) is 5.91 Å². The van der Waals surface area contributed by atoms with Gasteiger partial charge in [-0.05, 0) is 30.9 Å². The molecule has 0 bridgehead atoms. The molecule has 1 atom stereocenters. The highest BCUT2D eigenvalue weighted by Crippen LogP contribution is 2.32. The van der Waals surface area contributed by atoms with E-state index in [9.17, 15) is 14.4 Å². The minimum atomic E-state index is -1.01. The van der Waals surface area contributed by atoms with Crippen LogP contribution in [0.2, 0.25) is 0 Å². The maximum absolute atomic E-state index is 12.3. The number of carbonyl (C=O) groups excluding carboxylic acids is 1. The molecule has 1 aromatic heterocycles. The van der Waals surface area contributed by atoms with E-state index in [4.69, 9.17) is 5.11 Å². The normalized spacial score (nSPS) is 15.3. The zero-order valence-electron chi connectivity index (χ0n) is 12.4. The summed E-state index contributed by atoms with van der Waals surface area (Å²) in [6, 6.07) is 6.18. The Morgan fingerprint density at radius 1 is 1.35 bits per heavy atom. The van der Waals surface area contributed by atoms with Crippen LogP contribution in [0.1, 0.15) is 19.3 Å². The fourth-order valence-corrected chi connectivity index (χ4v) is 2.54. The summed E-state index contributed by atoms with van der Waals surface area (Å²) in [4.78, 5) is 39.5. The van der Waals surface area contributed by atoms with Crippen LogP contribution < -0.4 is 10.9 Å². The molecule has 120 valence electrons. The Balaban J connectivity index is 1.66. The number of rotatable bonds is 6. The molecule has 0 saturated heterocycles. The van der Waals surface area contributed by atoms with Crippen molar-refractivity contribution in [2.75, 3.05) is 0 Å². The highest BCUT2D eigenvalue weighted by molar-refractivity contribution is 5.84. The molecule has 1 heterocycles. The topological polar surface area (TPSA) is 101 Å². The number of nitrogens with zero attached hydrogens (tertiary/aromatic N) is 2. The number of hydrogen-bond acceptors (Lipinski definition) is 4. The lowest BCUT2D eigenvalue weighted by Gasteiger charge is -2.13. The van der Waals surface area contributed by atoms with Crippen LogP contribution in [0.4, 0.5) is 0 Å². The number of nitrogens with one attached hydrogen (secondary N) is 1. The first kappa shape index (κ1) is 15.2. The molecule has 0 spiro atoms. The minimum absolute atomic E-state index is 0.0292. The number of carboxylic acids is 1. The molecule has 1 aromatic carbocycles. The molecule has 2 N–H and O–H groups in total. The van der Waals surface area contributed by atoms with Gasteiger partial charge >= 0.3 is 5.97 Å². The maximum Gasteiger partial charge on any atom is 0.326 e.